The first kappa shape index (κ1) is 14.6. The normalized spacial score (nSPS) is 28.6. The van der Waals surface area contributed by atoms with Gasteiger partial charge in [-0.05, 0) is 19.1 Å². The molecule has 6 heteroatoms. The van der Waals surface area contributed by atoms with Crippen LogP contribution in [-0.2, 0) is 14.3 Å². The van der Waals surface area contributed by atoms with E-state index in [1.54, 1.807) is 36.4 Å². The van der Waals surface area contributed by atoms with Crippen molar-refractivity contribution in [3.05, 3.63) is 36.4 Å². The van der Waals surface area contributed by atoms with Gasteiger partial charge in [0.05, 0.1) is 30.4 Å². The summed E-state index contributed by atoms with van der Waals surface area (Å²) in [5.41, 5.74) is 0.512. The fourth-order valence-corrected chi connectivity index (χ4v) is 2.97. The molecule has 22 heavy (non-hydrogen) atoms. The fraction of sp³-hybridized carbons (Fsp3) is 0.375. The second kappa shape index (κ2) is 5.81. The Hall–Kier alpha value is -2.34. The number of carbonyl (C=O) groups is 2. The van der Waals surface area contributed by atoms with Gasteiger partial charge in [-0.1, -0.05) is 24.3 Å². The molecular weight excluding hydrogens is 286 g/mol. The molecule has 1 saturated heterocycles. The molecule has 116 valence electrons. The van der Waals surface area contributed by atoms with Crippen LogP contribution in [0.15, 0.2) is 36.4 Å². The number of amides is 1. The Morgan fingerprint density at radius 1 is 1.23 bits per heavy atom. The third-order valence-electron chi connectivity index (χ3n) is 3.92. The second-order valence-corrected chi connectivity index (χ2v) is 5.24. The molecule has 0 radical (unpaired) electrons. The van der Waals surface area contributed by atoms with Crippen LogP contribution in [0.25, 0.3) is 0 Å². The van der Waals surface area contributed by atoms with Gasteiger partial charge in [0, 0.05) is 11.9 Å². The highest BCUT2D eigenvalue weighted by Crippen LogP contribution is 2.39. The molecule has 3 rings (SSSR count). The van der Waals surface area contributed by atoms with Crippen molar-refractivity contribution in [1.82, 2.24) is 0 Å². The summed E-state index contributed by atoms with van der Waals surface area (Å²) < 4.78 is 10.9. The zero-order valence-electron chi connectivity index (χ0n) is 12.0. The average molecular weight is 302 g/mol. The molecule has 1 aromatic rings. The van der Waals surface area contributed by atoms with Gasteiger partial charge in [-0.15, -0.1) is 0 Å². The van der Waals surface area contributed by atoms with E-state index in [2.05, 4.69) is 5.32 Å². The van der Waals surface area contributed by atoms with Gasteiger partial charge in [-0.3, -0.25) is 4.79 Å². The first-order valence-electron chi connectivity index (χ1n) is 7.19. The maximum atomic E-state index is 12.5. The number of para-hydroxylation sites is 2. The quantitative estimate of drug-likeness (QED) is 0.793. The molecule has 0 aromatic heterocycles. The molecule has 0 unspecified atom stereocenters. The summed E-state index contributed by atoms with van der Waals surface area (Å²) in [6, 6.07) is 7.02. The van der Waals surface area contributed by atoms with Crippen molar-refractivity contribution in [2.45, 2.75) is 19.1 Å². The van der Waals surface area contributed by atoms with Gasteiger partial charge in [-0.25, -0.2) is 0 Å². The molecule has 1 fully saturated rings. The second-order valence-electron chi connectivity index (χ2n) is 5.24. The summed E-state index contributed by atoms with van der Waals surface area (Å²) in [4.78, 5) is 23.8. The number of carboxylic acids is 1. The van der Waals surface area contributed by atoms with Crippen molar-refractivity contribution in [3.8, 4) is 5.75 Å². The average Bonchev–Trinajstić information content (AvgIpc) is 3.10. The summed E-state index contributed by atoms with van der Waals surface area (Å²) in [6.45, 7) is 2.31. The van der Waals surface area contributed by atoms with E-state index in [0.29, 0.717) is 18.0 Å². The number of carboxylic acid groups (broad SMARTS) is 1. The van der Waals surface area contributed by atoms with Gasteiger partial charge >= 0.3 is 0 Å². The van der Waals surface area contributed by atoms with Crippen LogP contribution in [-0.4, -0.2) is 30.7 Å². The minimum absolute atomic E-state index is 0.404. The summed E-state index contributed by atoms with van der Waals surface area (Å²) in [6.07, 6.45) is 2.28. The first-order valence-corrected chi connectivity index (χ1v) is 7.19. The van der Waals surface area contributed by atoms with Gasteiger partial charge in [0.15, 0.2) is 0 Å². The largest absolute Gasteiger partial charge is 0.550 e. The number of rotatable bonds is 5. The van der Waals surface area contributed by atoms with E-state index in [0.717, 1.165) is 0 Å². The molecule has 1 amide bonds. The third-order valence-corrected chi connectivity index (χ3v) is 3.92. The minimum Gasteiger partial charge on any atom is -0.550 e. The van der Waals surface area contributed by atoms with E-state index in [4.69, 9.17) is 9.47 Å². The molecule has 0 aliphatic carbocycles. The Labute approximate surface area is 127 Å². The van der Waals surface area contributed by atoms with Gasteiger partial charge < -0.3 is 24.7 Å². The van der Waals surface area contributed by atoms with Gasteiger partial charge in [0.25, 0.3) is 0 Å². The first-order chi connectivity index (χ1) is 10.6. The molecule has 2 aliphatic heterocycles. The van der Waals surface area contributed by atoms with Crippen LogP contribution < -0.4 is 15.2 Å². The number of fused-ring (bicyclic) bond motifs is 2. The molecule has 1 N–H and O–H groups in total. The highest BCUT2D eigenvalue weighted by atomic mass is 16.5. The molecule has 2 heterocycles. The Kier molecular flexibility index (Phi) is 3.85. The maximum Gasteiger partial charge on any atom is 0.231 e. The Morgan fingerprint density at radius 2 is 1.91 bits per heavy atom. The van der Waals surface area contributed by atoms with Crippen molar-refractivity contribution in [2.24, 2.45) is 11.8 Å². The predicted molar refractivity (Wildman–Crippen MR) is 76.0 cm³/mol. The van der Waals surface area contributed by atoms with E-state index >= 15 is 0 Å². The fourth-order valence-electron chi connectivity index (χ4n) is 2.97. The molecule has 2 aliphatic rings. The van der Waals surface area contributed by atoms with Crippen LogP contribution >= 0.6 is 0 Å². The van der Waals surface area contributed by atoms with Crippen LogP contribution in [0.3, 0.4) is 0 Å². The van der Waals surface area contributed by atoms with Crippen molar-refractivity contribution < 1.29 is 24.2 Å². The number of hydrogen-bond acceptors (Lipinski definition) is 5. The van der Waals surface area contributed by atoms with Gasteiger partial charge in [-0.2, -0.15) is 0 Å². The van der Waals surface area contributed by atoms with Crippen LogP contribution in [0, 0.1) is 11.8 Å². The van der Waals surface area contributed by atoms with Crippen molar-refractivity contribution in [2.75, 3.05) is 11.9 Å². The van der Waals surface area contributed by atoms with Crippen molar-refractivity contribution >= 4 is 17.6 Å². The standard InChI is InChI=1S/C16H17NO5/c1-2-21-10-6-4-3-5-9(10)17-15(18)13-11-7-8-12(22-11)14(13)16(19)20/h3-8,11-14H,2H2,1H3,(H,17,18)(H,19,20)/p-1/t11-,12+,13-,14+/m1/s1. The molecular formula is C16H16NO5-. The number of ether oxygens (including phenoxy) is 2. The Bertz CT molecular complexity index is 627. The molecule has 4 atom stereocenters. The number of hydrogen-bond donors (Lipinski definition) is 1. The lowest BCUT2D eigenvalue weighted by Crippen LogP contribution is -2.45. The maximum absolute atomic E-state index is 12.5. The molecule has 2 bridgehead atoms. The molecule has 6 nitrogen and oxygen atoms in total. The van der Waals surface area contributed by atoms with E-state index < -0.39 is 35.9 Å². The van der Waals surface area contributed by atoms with E-state index in [-0.39, 0.29) is 0 Å². The summed E-state index contributed by atoms with van der Waals surface area (Å²) in [7, 11) is 0. The number of aliphatic carboxylic acids is 1. The minimum atomic E-state index is -1.27. The smallest absolute Gasteiger partial charge is 0.231 e. The summed E-state index contributed by atoms with van der Waals surface area (Å²) in [5, 5.41) is 14.0. The van der Waals surface area contributed by atoms with Crippen molar-refractivity contribution in [1.29, 1.82) is 0 Å². The lowest BCUT2D eigenvalue weighted by molar-refractivity contribution is -0.313. The van der Waals surface area contributed by atoms with Crippen LogP contribution in [0.1, 0.15) is 6.92 Å². The van der Waals surface area contributed by atoms with Crippen LogP contribution in [0.4, 0.5) is 5.69 Å². The lowest BCUT2D eigenvalue weighted by atomic mass is 9.82. The van der Waals surface area contributed by atoms with Crippen LogP contribution in [0.5, 0.6) is 5.75 Å². The van der Waals surface area contributed by atoms with E-state index in [1.807, 2.05) is 6.92 Å². The highest BCUT2D eigenvalue weighted by Gasteiger charge is 2.50. The number of anilines is 1. The monoisotopic (exact) mass is 302 g/mol. The highest BCUT2D eigenvalue weighted by molar-refractivity contribution is 5.97. The zero-order valence-corrected chi connectivity index (χ0v) is 12.0. The van der Waals surface area contributed by atoms with Gasteiger partial charge in [0.2, 0.25) is 5.91 Å². The van der Waals surface area contributed by atoms with Gasteiger partial charge in [0.1, 0.15) is 5.75 Å². The number of benzene rings is 1. The SMILES string of the molecule is CCOc1ccccc1NC(=O)[C@H]1[C@@H](C(=O)[O-])[C@@H]2C=C[C@H]1O2. The number of nitrogens with one attached hydrogen (secondary N) is 1. The zero-order chi connectivity index (χ0) is 15.7. The van der Waals surface area contributed by atoms with Crippen molar-refractivity contribution in [3.63, 3.8) is 0 Å². The lowest BCUT2D eigenvalue weighted by Gasteiger charge is -2.25. The van der Waals surface area contributed by atoms with E-state index in [9.17, 15) is 14.7 Å². The predicted octanol–water partition coefficient (Wildman–Crippen LogP) is 0.343. The number of carbonyl (C=O) groups excluding carboxylic acids is 2. The molecule has 0 spiro atoms. The van der Waals surface area contributed by atoms with Crippen LogP contribution in [0.2, 0.25) is 0 Å². The summed E-state index contributed by atoms with van der Waals surface area (Å²) >= 11 is 0. The topological polar surface area (TPSA) is 87.7 Å². The Balaban J connectivity index is 1.80. The Morgan fingerprint density at radius 3 is 2.59 bits per heavy atom. The molecule has 0 saturated carbocycles. The van der Waals surface area contributed by atoms with E-state index in [1.165, 1.54) is 0 Å². The molecule has 1 aromatic carbocycles. The summed E-state index contributed by atoms with van der Waals surface area (Å²) in [5.74, 6) is -2.89. The third kappa shape index (κ3) is 2.46.